The van der Waals surface area contributed by atoms with Crippen LogP contribution in [0.25, 0.3) is 21.8 Å². The van der Waals surface area contributed by atoms with Gasteiger partial charge in [0.15, 0.2) is 5.82 Å². The predicted molar refractivity (Wildman–Crippen MR) is 173 cm³/mol. The minimum atomic E-state index is -3.92. The van der Waals surface area contributed by atoms with Crippen molar-refractivity contribution in [2.24, 2.45) is 0 Å². The zero-order valence-electron chi connectivity index (χ0n) is 25.0. The summed E-state index contributed by atoms with van der Waals surface area (Å²) >= 11 is 1.43. The number of piperazine rings is 1. The predicted octanol–water partition coefficient (Wildman–Crippen LogP) is 5.47. The molecule has 0 atom stereocenters. The van der Waals surface area contributed by atoms with Gasteiger partial charge in [0.2, 0.25) is 5.95 Å². The SMILES string of the molecule is CCN(C)S(=O)(=O)Nc1cccc(-c2nc(C(C)(C)C)sc2-c2ccnc(Nc3ccc(N4CCNCC4)cc3)n2)c1F. The molecule has 43 heavy (non-hydrogen) atoms. The molecule has 5 rings (SSSR count). The van der Waals surface area contributed by atoms with Gasteiger partial charge >= 0.3 is 10.2 Å². The molecule has 3 heterocycles. The van der Waals surface area contributed by atoms with Crippen LogP contribution in [0.3, 0.4) is 0 Å². The van der Waals surface area contributed by atoms with Crippen molar-refractivity contribution in [3.63, 3.8) is 0 Å². The van der Waals surface area contributed by atoms with Crippen LogP contribution in [-0.4, -0.2) is 67.4 Å². The van der Waals surface area contributed by atoms with Crippen LogP contribution >= 0.6 is 11.3 Å². The lowest BCUT2D eigenvalue weighted by molar-refractivity contribution is 0.491. The smallest absolute Gasteiger partial charge is 0.301 e. The van der Waals surface area contributed by atoms with Crippen molar-refractivity contribution < 1.29 is 12.8 Å². The summed E-state index contributed by atoms with van der Waals surface area (Å²) in [6.45, 7) is 11.9. The first-order valence-corrected chi connectivity index (χ1v) is 16.4. The van der Waals surface area contributed by atoms with Crippen molar-refractivity contribution in [2.75, 3.05) is 54.7 Å². The molecule has 1 aliphatic rings. The fourth-order valence-corrected chi connectivity index (χ4v) is 6.57. The Morgan fingerprint density at radius 3 is 2.47 bits per heavy atom. The van der Waals surface area contributed by atoms with E-state index in [9.17, 15) is 8.42 Å². The Hall–Kier alpha value is -3.65. The summed E-state index contributed by atoms with van der Waals surface area (Å²) in [4.78, 5) is 17.0. The molecular formula is C30H37FN8O2S2. The van der Waals surface area contributed by atoms with E-state index in [2.05, 4.69) is 37.4 Å². The van der Waals surface area contributed by atoms with Gasteiger partial charge < -0.3 is 15.5 Å². The molecule has 0 spiro atoms. The fraction of sp³-hybridized carbons (Fsp3) is 0.367. The second-order valence-electron chi connectivity index (χ2n) is 11.3. The number of halogens is 1. The van der Waals surface area contributed by atoms with E-state index in [1.165, 1.54) is 30.1 Å². The van der Waals surface area contributed by atoms with Gasteiger partial charge in [0.25, 0.3) is 0 Å². The van der Waals surface area contributed by atoms with E-state index in [1.807, 2.05) is 32.9 Å². The van der Waals surface area contributed by atoms with E-state index in [0.717, 1.165) is 41.2 Å². The fourth-order valence-electron chi connectivity index (χ4n) is 4.53. The molecule has 10 nitrogen and oxygen atoms in total. The van der Waals surface area contributed by atoms with Gasteiger partial charge in [-0.15, -0.1) is 11.3 Å². The van der Waals surface area contributed by atoms with Gasteiger partial charge in [-0.3, -0.25) is 4.72 Å². The molecular weight excluding hydrogens is 588 g/mol. The maximum Gasteiger partial charge on any atom is 0.301 e. The Morgan fingerprint density at radius 2 is 1.79 bits per heavy atom. The Kier molecular flexibility index (Phi) is 8.97. The molecule has 2 aromatic heterocycles. The highest BCUT2D eigenvalue weighted by atomic mass is 32.2. The van der Waals surface area contributed by atoms with Crippen molar-refractivity contribution in [2.45, 2.75) is 33.1 Å². The first-order chi connectivity index (χ1) is 20.5. The molecule has 2 aromatic carbocycles. The maximum atomic E-state index is 16.0. The number of thiazole rings is 1. The number of nitrogens with one attached hydrogen (secondary N) is 3. The van der Waals surface area contributed by atoms with Gasteiger partial charge in [0.05, 0.1) is 27.0 Å². The molecule has 4 aromatic rings. The van der Waals surface area contributed by atoms with Crippen LogP contribution in [0.2, 0.25) is 0 Å². The molecule has 0 unspecified atom stereocenters. The molecule has 1 aliphatic heterocycles. The first kappa shape index (κ1) is 30.8. The molecule has 3 N–H and O–H groups in total. The van der Waals surface area contributed by atoms with Crippen LogP contribution in [0.15, 0.2) is 54.7 Å². The van der Waals surface area contributed by atoms with Crippen LogP contribution < -0.4 is 20.3 Å². The molecule has 0 saturated carbocycles. The molecule has 0 aliphatic carbocycles. The summed E-state index contributed by atoms with van der Waals surface area (Å²) in [5, 5.41) is 7.44. The Labute approximate surface area is 256 Å². The van der Waals surface area contributed by atoms with E-state index in [-0.39, 0.29) is 23.2 Å². The van der Waals surface area contributed by atoms with Crippen molar-refractivity contribution in [1.82, 2.24) is 24.6 Å². The van der Waals surface area contributed by atoms with Gasteiger partial charge in [-0.25, -0.2) is 19.3 Å². The average Bonchev–Trinajstić information content (AvgIpc) is 3.45. The number of benzene rings is 2. The highest BCUT2D eigenvalue weighted by Crippen LogP contribution is 2.42. The van der Waals surface area contributed by atoms with Gasteiger partial charge in [0.1, 0.15) is 0 Å². The van der Waals surface area contributed by atoms with E-state index in [1.54, 1.807) is 31.3 Å². The van der Waals surface area contributed by atoms with Gasteiger partial charge in [-0.05, 0) is 42.5 Å². The second-order valence-corrected chi connectivity index (χ2v) is 14.1. The van der Waals surface area contributed by atoms with Gasteiger partial charge in [-0.2, -0.15) is 12.7 Å². The molecule has 0 amide bonds. The minimum absolute atomic E-state index is 0.150. The van der Waals surface area contributed by atoms with Crippen LogP contribution in [0, 0.1) is 5.82 Å². The normalized spacial score (nSPS) is 14.3. The van der Waals surface area contributed by atoms with Crippen molar-refractivity contribution >= 4 is 44.6 Å². The van der Waals surface area contributed by atoms with Crippen LogP contribution in [0.1, 0.15) is 32.7 Å². The number of hydrogen-bond donors (Lipinski definition) is 3. The topological polar surface area (TPSA) is 115 Å². The lowest BCUT2D eigenvalue weighted by Gasteiger charge is -2.29. The third-order valence-electron chi connectivity index (χ3n) is 7.11. The third-order valence-corrected chi connectivity index (χ3v) is 10.2. The summed E-state index contributed by atoms with van der Waals surface area (Å²) in [6.07, 6.45) is 1.65. The van der Waals surface area contributed by atoms with Crippen LogP contribution in [-0.2, 0) is 15.6 Å². The molecule has 13 heteroatoms. The zero-order valence-corrected chi connectivity index (χ0v) is 26.6. The molecule has 228 valence electrons. The molecule has 1 saturated heterocycles. The maximum absolute atomic E-state index is 16.0. The summed E-state index contributed by atoms with van der Waals surface area (Å²) in [5.74, 6) is -0.312. The molecule has 1 fully saturated rings. The van der Waals surface area contributed by atoms with E-state index in [4.69, 9.17) is 9.97 Å². The number of nitrogens with zero attached hydrogens (tertiary/aromatic N) is 5. The van der Waals surface area contributed by atoms with Gasteiger partial charge in [0, 0.05) is 68.3 Å². The first-order valence-electron chi connectivity index (χ1n) is 14.2. The lowest BCUT2D eigenvalue weighted by Crippen LogP contribution is -2.43. The standard InChI is InChI=1S/C30H37FN8O2S2/c1-6-38(5)43(40,41)37-23-9-7-8-22(25(23)31)26-27(42-28(36-26)30(2,3)4)24-14-15-33-29(35-24)34-20-10-12-21(13-11-20)39-18-16-32-17-19-39/h7-15,32,37H,6,16-19H2,1-5H3,(H,33,34,35). The zero-order chi connectivity index (χ0) is 30.8. The number of rotatable bonds is 9. The van der Waals surface area contributed by atoms with E-state index >= 15 is 4.39 Å². The number of anilines is 4. The summed E-state index contributed by atoms with van der Waals surface area (Å²) in [6, 6.07) is 14.5. The van der Waals surface area contributed by atoms with Crippen LogP contribution in [0.5, 0.6) is 0 Å². The summed E-state index contributed by atoms with van der Waals surface area (Å²) in [5.41, 5.74) is 2.70. The molecule has 0 radical (unpaired) electrons. The second kappa shape index (κ2) is 12.5. The lowest BCUT2D eigenvalue weighted by atomic mass is 9.98. The van der Waals surface area contributed by atoms with Crippen molar-refractivity contribution in [3.8, 4) is 21.8 Å². The Balaban J connectivity index is 1.48. The van der Waals surface area contributed by atoms with Gasteiger partial charge in [-0.1, -0.05) is 33.8 Å². The molecule has 0 bridgehead atoms. The highest BCUT2D eigenvalue weighted by molar-refractivity contribution is 7.90. The number of hydrogen-bond acceptors (Lipinski definition) is 9. The van der Waals surface area contributed by atoms with E-state index < -0.39 is 16.0 Å². The minimum Gasteiger partial charge on any atom is -0.369 e. The largest absolute Gasteiger partial charge is 0.369 e. The Bertz CT molecular complexity index is 1680. The quantitative estimate of drug-likeness (QED) is 0.225. The monoisotopic (exact) mass is 624 g/mol. The summed E-state index contributed by atoms with van der Waals surface area (Å²) < 4.78 is 44.7. The third kappa shape index (κ3) is 6.96. The van der Waals surface area contributed by atoms with Crippen molar-refractivity contribution in [1.29, 1.82) is 0 Å². The highest BCUT2D eigenvalue weighted by Gasteiger charge is 2.27. The Morgan fingerprint density at radius 1 is 1.07 bits per heavy atom. The number of aromatic nitrogens is 3. The van der Waals surface area contributed by atoms with E-state index in [0.29, 0.717) is 22.2 Å². The summed E-state index contributed by atoms with van der Waals surface area (Å²) in [7, 11) is -2.49. The van der Waals surface area contributed by atoms with Crippen molar-refractivity contribution in [3.05, 3.63) is 65.6 Å². The average molecular weight is 625 g/mol. The van der Waals surface area contributed by atoms with Crippen LogP contribution in [0.4, 0.5) is 27.4 Å².